The van der Waals surface area contributed by atoms with Crippen molar-refractivity contribution in [3.8, 4) is 6.07 Å². The lowest BCUT2D eigenvalue weighted by molar-refractivity contribution is 0.145. The first kappa shape index (κ1) is 11.5. The number of halogens is 3. The molecule has 0 unspecified atom stereocenters. The Bertz CT molecular complexity index is 398. The average Bonchev–Trinajstić information content (AvgIpc) is 2.21. The van der Waals surface area contributed by atoms with Crippen LogP contribution in [0.1, 0.15) is 23.4 Å². The molecule has 0 aliphatic carbocycles. The summed E-state index contributed by atoms with van der Waals surface area (Å²) in [4.78, 5) is 3.37. The molecular weight excluding hydrogens is 207 g/mol. The number of rotatable bonds is 3. The molecule has 0 amide bonds. The largest absolute Gasteiger partial charge is 0.326 e. The van der Waals surface area contributed by atoms with Crippen LogP contribution in [-0.4, -0.2) is 4.98 Å². The van der Waals surface area contributed by atoms with E-state index in [1.54, 1.807) is 6.07 Å². The lowest BCUT2D eigenvalue weighted by Crippen LogP contribution is -2.08. The molecule has 0 aliphatic rings. The maximum absolute atomic E-state index is 13.4. The van der Waals surface area contributed by atoms with E-state index in [2.05, 4.69) is 4.98 Å². The van der Waals surface area contributed by atoms with Crippen molar-refractivity contribution in [2.75, 3.05) is 0 Å². The van der Waals surface area contributed by atoms with Gasteiger partial charge in [-0.1, -0.05) is 0 Å². The Balaban J connectivity index is 3.26. The van der Waals surface area contributed by atoms with E-state index in [9.17, 15) is 13.2 Å². The van der Waals surface area contributed by atoms with Crippen molar-refractivity contribution in [2.24, 2.45) is 5.73 Å². The fourth-order valence-corrected chi connectivity index (χ4v) is 1.12. The fraction of sp³-hybridized carbons (Fsp3) is 0.333. The van der Waals surface area contributed by atoms with E-state index < -0.39 is 17.9 Å². The van der Waals surface area contributed by atoms with Gasteiger partial charge in [-0.25, -0.2) is 18.2 Å². The second kappa shape index (κ2) is 4.75. The SMILES string of the molecule is N#CCc1nc(C(F)F)cc(CN)c1F. The molecule has 0 saturated carbocycles. The van der Waals surface area contributed by atoms with Crippen LogP contribution in [0.3, 0.4) is 0 Å². The van der Waals surface area contributed by atoms with Crippen LogP contribution in [0.25, 0.3) is 0 Å². The molecule has 0 saturated heterocycles. The molecule has 6 heteroatoms. The zero-order valence-electron chi connectivity index (χ0n) is 7.67. The van der Waals surface area contributed by atoms with Crippen LogP contribution in [0.2, 0.25) is 0 Å². The topological polar surface area (TPSA) is 62.7 Å². The molecular formula is C9H8F3N3. The van der Waals surface area contributed by atoms with Gasteiger partial charge in [0.15, 0.2) is 0 Å². The Hall–Kier alpha value is -1.61. The number of hydrogen-bond donors (Lipinski definition) is 1. The molecule has 0 aliphatic heterocycles. The molecule has 80 valence electrons. The number of pyridine rings is 1. The lowest BCUT2D eigenvalue weighted by Gasteiger charge is -2.07. The number of nitrogens with two attached hydrogens (primary N) is 1. The number of aromatic nitrogens is 1. The summed E-state index contributed by atoms with van der Waals surface area (Å²) in [5.41, 5.74) is 4.30. The van der Waals surface area contributed by atoms with Crippen molar-refractivity contribution in [2.45, 2.75) is 19.4 Å². The third-order valence-electron chi connectivity index (χ3n) is 1.81. The Morgan fingerprint density at radius 1 is 1.53 bits per heavy atom. The number of nitriles is 1. The summed E-state index contributed by atoms with van der Waals surface area (Å²) >= 11 is 0. The first-order chi connectivity index (χ1) is 7.10. The fourth-order valence-electron chi connectivity index (χ4n) is 1.12. The van der Waals surface area contributed by atoms with Crippen molar-refractivity contribution in [1.82, 2.24) is 4.98 Å². The summed E-state index contributed by atoms with van der Waals surface area (Å²) in [6.45, 7) is -0.202. The van der Waals surface area contributed by atoms with E-state index >= 15 is 0 Å². The Morgan fingerprint density at radius 2 is 2.20 bits per heavy atom. The normalized spacial score (nSPS) is 10.4. The van der Waals surface area contributed by atoms with Crippen LogP contribution in [0, 0.1) is 17.1 Å². The molecule has 0 fully saturated rings. The quantitative estimate of drug-likeness (QED) is 0.834. The van der Waals surface area contributed by atoms with Gasteiger partial charge in [-0.2, -0.15) is 5.26 Å². The van der Waals surface area contributed by atoms with Crippen molar-refractivity contribution in [3.05, 3.63) is 28.8 Å². The van der Waals surface area contributed by atoms with Gasteiger partial charge in [0, 0.05) is 12.1 Å². The minimum Gasteiger partial charge on any atom is -0.326 e. The molecule has 1 aromatic heterocycles. The van der Waals surface area contributed by atoms with Crippen molar-refractivity contribution in [3.63, 3.8) is 0 Å². The maximum Gasteiger partial charge on any atom is 0.280 e. The zero-order chi connectivity index (χ0) is 11.4. The van der Waals surface area contributed by atoms with Crippen LogP contribution in [0.15, 0.2) is 6.07 Å². The molecule has 0 bridgehead atoms. The van der Waals surface area contributed by atoms with E-state index in [1.165, 1.54) is 0 Å². The molecule has 15 heavy (non-hydrogen) atoms. The number of hydrogen-bond acceptors (Lipinski definition) is 3. The highest BCUT2D eigenvalue weighted by atomic mass is 19.3. The maximum atomic E-state index is 13.4. The standard InChI is InChI=1S/C9H8F3N3/c10-8-5(4-14)3-7(9(11)12)15-6(8)1-2-13/h3,9H,1,4,14H2. The molecule has 1 aromatic rings. The van der Waals surface area contributed by atoms with Gasteiger partial charge in [0.05, 0.1) is 18.2 Å². The van der Waals surface area contributed by atoms with E-state index in [1.807, 2.05) is 0 Å². The third-order valence-corrected chi connectivity index (χ3v) is 1.81. The Labute approximate surface area is 84.3 Å². The van der Waals surface area contributed by atoms with Crippen molar-refractivity contribution >= 4 is 0 Å². The second-order valence-electron chi connectivity index (χ2n) is 2.81. The zero-order valence-corrected chi connectivity index (χ0v) is 7.67. The second-order valence-corrected chi connectivity index (χ2v) is 2.81. The van der Waals surface area contributed by atoms with E-state index in [4.69, 9.17) is 11.0 Å². The summed E-state index contributed by atoms with van der Waals surface area (Å²) in [6, 6.07) is 2.57. The molecule has 1 heterocycles. The van der Waals surface area contributed by atoms with Gasteiger partial charge in [0.25, 0.3) is 6.43 Å². The lowest BCUT2D eigenvalue weighted by atomic mass is 10.1. The Kier molecular flexibility index (Phi) is 3.63. The summed E-state index contributed by atoms with van der Waals surface area (Å²) < 4.78 is 38.0. The smallest absolute Gasteiger partial charge is 0.280 e. The number of nitrogens with zero attached hydrogens (tertiary/aromatic N) is 2. The van der Waals surface area contributed by atoms with Gasteiger partial charge < -0.3 is 5.73 Å². The van der Waals surface area contributed by atoms with Crippen molar-refractivity contribution < 1.29 is 13.2 Å². The molecule has 0 aromatic carbocycles. The summed E-state index contributed by atoms with van der Waals surface area (Å²) in [5.74, 6) is -0.775. The molecule has 2 N–H and O–H groups in total. The molecule has 1 rings (SSSR count). The van der Waals surface area contributed by atoms with Crippen LogP contribution in [0.5, 0.6) is 0 Å². The third kappa shape index (κ3) is 2.44. The van der Waals surface area contributed by atoms with Gasteiger partial charge in [-0.3, -0.25) is 0 Å². The predicted octanol–water partition coefficient (Wildman–Crippen LogP) is 1.68. The van der Waals surface area contributed by atoms with Gasteiger partial charge in [0.2, 0.25) is 0 Å². The van der Waals surface area contributed by atoms with Crippen molar-refractivity contribution in [1.29, 1.82) is 5.26 Å². The summed E-state index contributed by atoms with van der Waals surface area (Å²) in [5, 5.41) is 8.36. The highest BCUT2D eigenvalue weighted by Gasteiger charge is 2.16. The minimum absolute atomic E-state index is 0.0504. The van der Waals surface area contributed by atoms with Gasteiger partial charge in [-0.15, -0.1) is 0 Å². The van der Waals surface area contributed by atoms with Crippen LogP contribution in [-0.2, 0) is 13.0 Å². The molecule has 3 nitrogen and oxygen atoms in total. The highest BCUT2D eigenvalue weighted by molar-refractivity contribution is 5.26. The molecule has 0 atom stereocenters. The number of alkyl halides is 2. The monoisotopic (exact) mass is 215 g/mol. The van der Waals surface area contributed by atoms with Gasteiger partial charge in [-0.05, 0) is 6.07 Å². The first-order valence-electron chi connectivity index (χ1n) is 4.13. The van der Waals surface area contributed by atoms with Gasteiger partial charge in [0.1, 0.15) is 11.5 Å². The highest BCUT2D eigenvalue weighted by Crippen LogP contribution is 2.21. The summed E-state index contributed by atoms with van der Waals surface area (Å²) in [7, 11) is 0. The van der Waals surface area contributed by atoms with E-state index in [0.29, 0.717) is 0 Å². The minimum atomic E-state index is -2.80. The van der Waals surface area contributed by atoms with Crippen LogP contribution in [0.4, 0.5) is 13.2 Å². The van der Waals surface area contributed by atoms with Crippen LogP contribution < -0.4 is 5.73 Å². The average molecular weight is 215 g/mol. The Morgan fingerprint density at radius 3 is 2.67 bits per heavy atom. The molecule has 0 spiro atoms. The van der Waals surface area contributed by atoms with E-state index in [0.717, 1.165) is 6.07 Å². The van der Waals surface area contributed by atoms with E-state index in [-0.39, 0.29) is 24.2 Å². The van der Waals surface area contributed by atoms with Crippen LogP contribution >= 0.6 is 0 Å². The summed E-state index contributed by atoms with van der Waals surface area (Å²) in [6.07, 6.45) is -3.15. The first-order valence-corrected chi connectivity index (χ1v) is 4.13. The molecule has 0 radical (unpaired) electrons. The predicted molar refractivity (Wildman–Crippen MR) is 46.4 cm³/mol. The van der Waals surface area contributed by atoms with Gasteiger partial charge >= 0.3 is 0 Å².